The van der Waals surface area contributed by atoms with Crippen molar-refractivity contribution in [2.24, 2.45) is 0 Å². The van der Waals surface area contributed by atoms with Gasteiger partial charge in [-0.25, -0.2) is 0 Å². The topological polar surface area (TPSA) is 12.0 Å². The third-order valence-electron chi connectivity index (χ3n) is 4.12. The lowest BCUT2D eigenvalue weighted by molar-refractivity contribution is 0.477. The molecule has 0 spiro atoms. The highest BCUT2D eigenvalue weighted by molar-refractivity contribution is 6.30. The molecule has 0 bridgehead atoms. The predicted octanol–water partition coefficient (Wildman–Crippen LogP) is 4.33. The van der Waals surface area contributed by atoms with E-state index in [1.54, 1.807) is 0 Å². The smallest absolute Gasteiger partial charge is 0.0406 e. The van der Waals surface area contributed by atoms with Crippen molar-refractivity contribution in [3.05, 3.63) is 70.2 Å². The summed E-state index contributed by atoms with van der Waals surface area (Å²) in [7, 11) is 2.04. The molecule has 1 aliphatic carbocycles. The maximum absolute atomic E-state index is 5.98. The van der Waals surface area contributed by atoms with Crippen molar-refractivity contribution >= 4 is 11.6 Å². The second-order valence-corrected chi connectivity index (χ2v) is 5.60. The molecule has 1 aliphatic rings. The fourth-order valence-corrected chi connectivity index (χ4v) is 3.33. The van der Waals surface area contributed by atoms with Crippen LogP contribution in [0.5, 0.6) is 0 Å². The average molecular weight is 272 g/mol. The highest BCUT2D eigenvalue weighted by Crippen LogP contribution is 2.41. The Labute approximate surface area is 119 Å². The Kier molecular flexibility index (Phi) is 3.58. The molecule has 98 valence electrons. The van der Waals surface area contributed by atoms with Crippen LogP contribution >= 0.6 is 11.6 Å². The van der Waals surface area contributed by atoms with Crippen molar-refractivity contribution in [2.75, 3.05) is 7.05 Å². The van der Waals surface area contributed by atoms with Crippen LogP contribution in [-0.4, -0.2) is 7.05 Å². The van der Waals surface area contributed by atoms with Crippen LogP contribution in [0.3, 0.4) is 0 Å². The van der Waals surface area contributed by atoms with Crippen LogP contribution in [-0.2, 0) is 6.42 Å². The fourth-order valence-electron chi connectivity index (χ4n) is 3.21. The van der Waals surface area contributed by atoms with E-state index in [2.05, 4.69) is 41.7 Å². The van der Waals surface area contributed by atoms with Gasteiger partial charge in [0.15, 0.2) is 0 Å². The summed E-state index contributed by atoms with van der Waals surface area (Å²) in [6, 6.07) is 17.4. The predicted molar refractivity (Wildman–Crippen MR) is 80.8 cm³/mol. The van der Waals surface area contributed by atoms with Crippen LogP contribution in [0.4, 0.5) is 0 Å². The normalized spacial score (nSPS) is 19.2. The number of aryl methyl sites for hydroxylation is 1. The van der Waals surface area contributed by atoms with Gasteiger partial charge in [-0.2, -0.15) is 0 Å². The van der Waals surface area contributed by atoms with Crippen molar-refractivity contribution in [1.29, 1.82) is 0 Å². The summed E-state index contributed by atoms with van der Waals surface area (Å²) in [6.07, 6.45) is 2.40. The summed E-state index contributed by atoms with van der Waals surface area (Å²) >= 11 is 5.98. The van der Waals surface area contributed by atoms with E-state index in [0.29, 0.717) is 12.0 Å². The van der Waals surface area contributed by atoms with Gasteiger partial charge in [0.2, 0.25) is 0 Å². The third kappa shape index (κ3) is 2.41. The van der Waals surface area contributed by atoms with E-state index in [0.717, 1.165) is 5.02 Å². The number of benzene rings is 2. The van der Waals surface area contributed by atoms with Crippen molar-refractivity contribution in [3.63, 3.8) is 0 Å². The molecule has 2 unspecified atom stereocenters. The molecule has 0 saturated heterocycles. The summed E-state index contributed by atoms with van der Waals surface area (Å²) in [5, 5.41) is 4.27. The summed E-state index contributed by atoms with van der Waals surface area (Å²) in [5.74, 6) is 0.558. The second kappa shape index (κ2) is 5.36. The van der Waals surface area contributed by atoms with E-state index in [4.69, 9.17) is 11.6 Å². The zero-order valence-electron chi connectivity index (χ0n) is 11.1. The van der Waals surface area contributed by atoms with Gasteiger partial charge < -0.3 is 5.32 Å². The number of rotatable bonds is 3. The molecule has 0 saturated carbocycles. The first kappa shape index (κ1) is 12.7. The van der Waals surface area contributed by atoms with Gasteiger partial charge in [-0.3, -0.25) is 0 Å². The molecule has 0 aromatic heterocycles. The average Bonchev–Trinajstić information content (AvgIpc) is 2.86. The van der Waals surface area contributed by atoms with E-state index in [9.17, 15) is 0 Å². The molecule has 0 fully saturated rings. The van der Waals surface area contributed by atoms with E-state index in [1.165, 1.54) is 29.5 Å². The summed E-state index contributed by atoms with van der Waals surface area (Å²) < 4.78 is 0. The number of likely N-dealkylation sites (N-methyl/N-ethyl adjacent to an activating group) is 1. The minimum absolute atomic E-state index is 0.362. The maximum Gasteiger partial charge on any atom is 0.0406 e. The molecule has 2 aromatic rings. The Bertz CT molecular complexity index is 562. The van der Waals surface area contributed by atoms with Gasteiger partial charge in [0.1, 0.15) is 0 Å². The van der Waals surface area contributed by atoms with E-state index in [1.807, 2.05) is 19.2 Å². The van der Waals surface area contributed by atoms with E-state index < -0.39 is 0 Å². The summed E-state index contributed by atoms with van der Waals surface area (Å²) in [6.45, 7) is 0. The zero-order valence-corrected chi connectivity index (χ0v) is 11.8. The molecular formula is C17H18ClN. The first-order valence-electron chi connectivity index (χ1n) is 6.80. The molecule has 1 N–H and O–H groups in total. The van der Waals surface area contributed by atoms with Gasteiger partial charge in [0.25, 0.3) is 0 Å². The fraction of sp³-hybridized carbons (Fsp3) is 0.294. The van der Waals surface area contributed by atoms with E-state index >= 15 is 0 Å². The Balaban J connectivity index is 1.94. The minimum Gasteiger partial charge on any atom is -0.312 e. The van der Waals surface area contributed by atoms with Crippen molar-refractivity contribution in [3.8, 4) is 0 Å². The van der Waals surface area contributed by atoms with Gasteiger partial charge >= 0.3 is 0 Å². The van der Waals surface area contributed by atoms with Gasteiger partial charge in [-0.15, -0.1) is 0 Å². The molecule has 19 heavy (non-hydrogen) atoms. The molecular weight excluding hydrogens is 254 g/mol. The Hall–Kier alpha value is -1.31. The molecule has 0 radical (unpaired) electrons. The first-order valence-corrected chi connectivity index (χ1v) is 7.18. The van der Waals surface area contributed by atoms with Gasteiger partial charge in [-0.1, -0.05) is 48.0 Å². The third-order valence-corrected chi connectivity index (χ3v) is 4.37. The molecule has 0 heterocycles. The number of hydrogen-bond acceptors (Lipinski definition) is 1. The van der Waals surface area contributed by atoms with Crippen LogP contribution in [0.25, 0.3) is 0 Å². The lowest BCUT2D eigenvalue weighted by atomic mass is 9.88. The molecule has 2 aromatic carbocycles. The standard InChI is InChI=1S/C17H18ClN/c1-19-17(13-6-9-14(18)10-7-13)16-11-8-12-4-2-3-5-15(12)16/h2-7,9-10,16-17,19H,8,11H2,1H3. The van der Waals surface area contributed by atoms with Crippen molar-refractivity contribution < 1.29 is 0 Å². The largest absolute Gasteiger partial charge is 0.312 e. The van der Waals surface area contributed by atoms with Crippen LogP contribution < -0.4 is 5.32 Å². The Morgan fingerprint density at radius 1 is 1.11 bits per heavy atom. The van der Waals surface area contributed by atoms with Crippen molar-refractivity contribution in [2.45, 2.75) is 24.8 Å². The maximum atomic E-state index is 5.98. The highest BCUT2D eigenvalue weighted by Gasteiger charge is 2.29. The summed E-state index contributed by atoms with van der Waals surface area (Å²) in [5.41, 5.74) is 4.31. The van der Waals surface area contributed by atoms with Gasteiger partial charge in [-0.05, 0) is 48.7 Å². The van der Waals surface area contributed by atoms with E-state index in [-0.39, 0.29) is 0 Å². The minimum atomic E-state index is 0.362. The number of hydrogen-bond donors (Lipinski definition) is 1. The monoisotopic (exact) mass is 271 g/mol. The van der Waals surface area contributed by atoms with Crippen LogP contribution in [0, 0.1) is 0 Å². The van der Waals surface area contributed by atoms with Crippen LogP contribution in [0.2, 0.25) is 5.02 Å². The summed E-state index contributed by atoms with van der Waals surface area (Å²) in [4.78, 5) is 0. The second-order valence-electron chi connectivity index (χ2n) is 5.16. The van der Waals surface area contributed by atoms with Crippen molar-refractivity contribution in [1.82, 2.24) is 5.32 Å². The molecule has 2 atom stereocenters. The van der Waals surface area contributed by atoms with Gasteiger partial charge in [0.05, 0.1) is 0 Å². The molecule has 3 rings (SSSR count). The Morgan fingerprint density at radius 3 is 2.58 bits per heavy atom. The molecule has 1 nitrogen and oxygen atoms in total. The quantitative estimate of drug-likeness (QED) is 0.876. The lowest BCUT2D eigenvalue weighted by Gasteiger charge is -2.24. The number of halogens is 1. The molecule has 2 heteroatoms. The first-order chi connectivity index (χ1) is 9.29. The number of nitrogens with one attached hydrogen (secondary N) is 1. The lowest BCUT2D eigenvalue weighted by Crippen LogP contribution is -2.22. The highest BCUT2D eigenvalue weighted by atomic mass is 35.5. The van der Waals surface area contributed by atoms with Gasteiger partial charge in [0, 0.05) is 17.0 Å². The van der Waals surface area contributed by atoms with Crippen LogP contribution in [0.15, 0.2) is 48.5 Å². The number of fused-ring (bicyclic) bond motifs is 1. The zero-order chi connectivity index (χ0) is 13.2. The van der Waals surface area contributed by atoms with Crippen LogP contribution in [0.1, 0.15) is 35.1 Å². The Morgan fingerprint density at radius 2 is 1.84 bits per heavy atom. The molecule has 0 amide bonds. The SMILES string of the molecule is CNC(c1ccc(Cl)cc1)C1CCc2ccccc21. The molecule has 0 aliphatic heterocycles.